The second kappa shape index (κ2) is 3.71. The first-order valence-corrected chi connectivity index (χ1v) is 3.62. The molecule has 0 fully saturated rings. The molecular weight excluding hydrogens is 172 g/mol. The van der Waals surface area contributed by atoms with E-state index in [1.807, 2.05) is 0 Å². The van der Waals surface area contributed by atoms with Crippen molar-refractivity contribution in [2.75, 3.05) is 0 Å². The van der Waals surface area contributed by atoms with Crippen LogP contribution in [0, 0.1) is 0 Å². The Hall–Kier alpha value is -1.84. The zero-order valence-corrected chi connectivity index (χ0v) is 6.73. The van der Waals surface area contributed by atoms with E-state index in [-0.39, 0.29) is 12.2 Å². The molecule has 0 aromatic heterocycles. The van der Waals surface area contributed by atoms with Crippen molar-refractivity contribution in [2.45, 2.75) is 6.42 Å². The van der Waals surface area contributed by atoms with Gasteiger partial charge in [-0.2, -0.15) is 0 Å². The Morgan fingerprint density at radius 1 is 1.46 bits per heavy atom. The Morgan fingerprint density at radius 2 is 2.15 bits per heavy atom. The summed E-state index contributed by atoms with van der Waals surface area (Å²) in [7, 11) is 0. The first-order valence-electron chi connectivity index (χ1n) is 3.62. The van der Waals surface area contributed by atoms with Crippen molar-refractivity contribution in [3.8, 4) is 5.75 Å². The van der Waals surface area contributed by atoms with E-state index in [1.165, 1.54) is 18.2 Å². The van der Waals surface area contributed by atoms with Crippen LogP contribution in [0.4, 0.5) is 0 Å². The molecule has 0 radical (unpaired) electrons. The summed E-state index contributed by atoms with van der Waals surface area (Å²) in [4.78, 5) is 20.8. The van der Waals surface area contributed by atoms with Gasteiger partial charge in [0, 0.05) is 5.56 Å². The van der Waals surface area contributed by atoms with Crippen LogP contribution in [-0.4, -0.2) is 22.5 Å². The number of aldehydes is 1. The van der Waals surface area contributed by atoms with Gasteiger partial charge in [0.05, 0.1) is 6.42 Å². The maximum Gasteiger partial charge on any atom is 0.307 e. The summed E-state index contributed by atoms with van der Waals surface area (Å²) >= 11 is 0. The molecule has 4 heteroatoms. The molecule has 4 nitrogen and oxygen atoms in total. The van der Waals surface area contributed by atoms with E-state index >= 15 is 0 Å². The van der Waals surface area contributed by atoms with Crippen molar-refractivity contribution in [3.63, 3.8) is 0 Å². The number of aliphatic carboxylic acids is 1. The smallest absolute Gasteiger partial charge is 0.307 e. The second-order valence-electron chi connectivity index (χ2n) is 2.57. The van der Waals surface area contributed by atoms with Crippen molar-refractivity contribution < 1.29 is 19.8 Å². The maximum atomic E-state index is 10.4. The average Bonchev–Trinajstić information content (AvgIpc) is 2.03. The fraction of sp³-hybridized carbons (Fsp3) is 0.111. The van der Waals surface area contributed by atoms with Crippen LogP contribution < -0.4 is 0 Å². The highest BCUT2D eigenvalue weighted by molar-refractivity contribution is 5.81. The number of phenols is 1. The van der Waals surface area contributed by atoms with Gasteiger partial charge in [0.2, 0.25) is 0 Å². The zero-order valence-electron chi connectivity index (χ0n) is 6.73. The fourth-order valence-electron chi connectivity index (χ4n) is 1.02. The number of phenolic OH excluding ortho intramolecular Hbond substituents is 1. The van der Waals surface area contributed by atoms with E-state index in [4.69, 9.17) is 10.2 Å². The van der Waals surface area contributed by atoms with Gasteiger partial charge in [0.25, 0.3) is 0 Å². The third-order valence-electron chi connectivity index (χ3n) is 1.60. The van der Waals surface area contributed by atoms with Crippen molar-refractivity contribution in [1.82, 2.24) is 0 Å². The number of hydrogen-bond donors (Lipinski definition) is 2. The largest absolute Gasteiger partial charge is 0.508 e. The molecule has 0 aliphatic heterocycles. The first-order chi connectivity index (χ1) is 6.13. The third-order valence-corrected chi connectivity index (χ3v) is 1.60. The number of hydrogen-bond acceptors (Lipinski definition) is 3. The second-order valence-corrected chi connectivity index (χ2v) is 2.57. The number of benzene rings is 1. The summed E-state index contributed by atoms with van der Waals surface area (Å²) in [5.41, 5.74) is 0.614. The molecule has 0 saturated heterocycles. The summed E-state index contributed by atoms with van der Waals surface area (Å²) < 4.78 is 0. The SMILES string of the molecule is O=Cc1ccc(O)cc1CC(=O)O. The Balaban J connectivity index is 3.07. The molecule has 13 heavy (non-hydrogen) atoms. The predicted octanol–water partition coefficient (Wildman–Crippen LogP) is 0.832. The third kappa shape index (κ3) is 2.30. The van der Waals surface area contributed by atoms with E-state index in [0.29, 0.717) is 17.4 Å². The molecule has 68 valence electrons. The Labute approximate surface area is 74.4 Å². The molecule has 0 heterocycles. The Kier molecular flexibility index (Phi) is 2.64. The van der Waals surface area contributed by atoms with Crippen molar-refractivity contribution in [1.29, 1.82) is 0 Å². The molecule has 0 saturated carbocycles. The molecule has 0 aliphatic rings. The summed E-state index contributed by atoms with van der Waals surface area (Å²) in [5.74, 6) is -1.07. The lowest BCUT2D eigenvalue weighted by molar-refractivity contribution is -0.136. The van der Waals surface area contributed by atoms with Gasteiger partial charge in [-0.3, -0.25) is 9.59 Å². The van der Waals surface area contributed by atoms with Crippen LogP contribution in [-0.2, 0) is 11.2 Å². The zero-order chi connectivity index (χ0) is 9.84. The van der Waals surface area contributed by atoms with Crippen LogP contribution in [0.3, 0.4) is 0 Å². The summed E-state index contributed by atoms with van der Waals surface area (Å²) in [5, 5.41) is 17.5. The maximum absolute atomic E-state index is 10.4. The average molecular weight is 180 g/mol. The van der Waals surface area contributed by atoms with Gasteiger partial charge in [-0.15, -0.1) is 0 Å². The monoisotopic (exact) mass is 180 g/mol. The quantitative estimate of drug-likeness (QED) is 0.675. The van der Waals surface area contributed by atoms with Crippen LogP contribution in [0.1, 0.15) is 15.9 Å². The van der Waals surface area contributed by atoms with Gasteiger partial charge in [0.15, 0.2) is 0 Å². The van der Waals surface area contributed by atoms with Crippen LogP contribution in [0.15, 0.2) is 18.2 Å². The van der Waals surface area contributed by atoms with E-state index in [9.17, 15) is 9.59 Å². The van der Waals surface area contributed by atoms with Crippen molar-refractivity contribution >= 4 is 12.3 Å². The number of aromatic hydroxyl groups is 1. The number of carboxylic acid groups (broad SMARTS) is 1. The minimum Gasteiger partial charge on any atom is -0.508 e. The number of carbonyl (C=O) groups excluding carboxylic acids is 1. The van der Waals surface area contributed by atoms with Gasteiger partial charge in [-0.05, 0) is 23.8 Å². The molecule has 2 N–H and O–H groups in total. The highest BCUT2D eigenvalue weighted by atomic mass is 16.4. The Bertz CT molecular complexity index is 343. The van der Waals surface area contributed by atoms with Crippen LogP contribution in [0.2, 0.25) is 0 Å². The highest BCUT2D eigenvalue weighted by Crippen LogP contribution is 2.15. The summed E-state index contributed by atoms with van der Waals surface area (Å²) in [6, 6.07) is 4.01. The molecule has 0 bridgehead atoms. The molecule has 0 aliphatic carbocycles. The van der Waals surface area contributed by atoms with Gasteiger partial charge in [-0.1, -0.05) is 0 Å². The molecular formula is C9H8O4. The number of carboxylic acids is 1. The van der Waals surface area contributed by atoms with Crippen LogP contribution >= 0.6 is 0 Å². The molecule has 1 aromatic carbocycles. The molecule has 0 amide bonds. The molecule has 0 atom stereocenters. The van der Waals surface area contributed by atoms with Gasteiger partial charge in [-0.25, -0.2) is 0 Å². The molecule has 0 spiro atoms. The van der Waals surface area contributed by atoms with Crippen molar-refractivity contribution in [3.05, 3.63) is 29.3 Å². The lowest BCUT2D eigenvalue weighted by atomic mass is 10.1. The van der Waals surface area contributed by atoms with E-state index < -0.39 is 5.97 Å². The van der Waals surface area contributed by atoms with Crippen LogP contribution in [0.25, 0.3) is 0 Å². The van der Waals surface area contributed by atoms with Gasteiger partial charge in [0.1, 0.15) is 12.0 Å². The minimum atomic E-state index is -1.03. The summed E-state index contributed by atoms with van der Waals surface area (Å²) in [6.45, 7) is 0. The molecule has 1 aromatic rings. The predicted molar refractivity (Wildman–Crippen MR) is 44.8 cm³/mol. The fourth-order valence-corrected chi connectivity index (χ4v) is 1.02. The highest BCUT2D eigenvalue weighted by Gasteiger charge is 2.06. The van der Waals surface area contributed by atoms with E-state index in [0.717, 1.165) is 0 Å². The van der Waals surface area contributed by atoms with E-state index in [1.54, 1.807) is 0 Å². The van der Waals surface area contributed by atoms with Crippen molar-refractivity contribution in [2.24, 2.45) is 0 Å². The van der Waals surface area contributed by atoms with Gasteiger partial charge >= 0.3 is 5.97 Å². The molecule has 0 unspecified atom stereocenters. The van der Waals surface area contributed by atoms with Crippen LogP contribution in [0.5, 0.6) is 5.75 Å². The standard InChI is InChI=1S/C9H8O4/c10-5-6-1-2-8(11)3-7(6)4-9(12)13/h1-3,5,11H,4H2,(H,12,13). The minimum absolute atomic E-state index is 0.0400. The van der Waals surface area contributed by atoms with Gasteiger partial charge < -0.3 is 10.2 Å². The number of carbonyl (C=O) groups is 2. The Morgan fingerprint density at radius 3 is 2.69 bits per heavy atom. The number of rotatable bonds is 3. The first kappa shape index (κ1) is 9.25. The topological polar surface area (TPSA) is 74.6 Å². The normalized spacial score (nSPS) is 9.54. The lowest BCUT2D eigenvalue weighted by Crippen LogP contribution is -2.02. The summed E-state index contributed by atoms with van der Waals surface area (Å²) in [6.07, 6.45) is 0.306. The van der Waals surface area contributed by atoms with E-state index in [2.05, 4.69) is 0 Å². The lowest BCUT2D eigenvalue weighted by Gasteiger charge is -2.01. The molecule has 1 rings (SSSR count).